The van der Waals surface area contributed by atoms with Gasteiger partial charge in [-0.05, 0) is 18.4 Å². The van der Waals surface area contributed by atoms with Crippen molar-refractivity contribution in [3.63, 3.8) is 0 Å². The van der Waals surface area contributed by atoms with E-state index in [1.807, 2.05) is 17.5 Å². The standard InChI is InChI=1S/C10H10N2O2S/c1-7(10(13)14)12-5-4-11-9(12)8-3-2-6-15-8/h2-7H,1H3,(H,13,14)/t7-/m1/s1. The van der Waals surface area contributed by atoms with Gasteiger partial charge in [-0.15, -0.1) is 11.3 Å². The summed E-state index contributed by atoms with van der Waals surface area (Å²) in [6, 6.07) is 3.26. The van der Waals surface area contributed by atoms with Crippen molar-refractivity contribution in [1.82, 2.24) is 9.55 Å². The summed E-state index contributed by atoms with van der Waals surface area (Å²) in [7, 11) is 0. The highest BCUT2D eigenvalue weighted by atomic mass is 32.1. The fourth-order valence-electron chi connectivity index (χ4n) is 1.34. The van der Waals surface area contributed by atoms with Gasteiger partial charge in [0, 0.05) is 12.4 Å². The molecule has 2 aromatic rings. The topological polar surface area (TPSA) is 55.1 Å². The molecule has 78 valence electrons. The zero-order valence-electron chi connectivity index (χ0n) is 8.12. The summed E-state index contributed by atoms with van der Waals surface area (Å²) in [6.07, 6.45) is 3.31. The number of carboxylic acid groups (broad SMARTS) is 1. The number of thiophene rings is 1. The van der Waals surface area contributed by atoms with Crippen molar-refractivity contribution in [3.8, 4) is 10.7 Å². The summed E-state index contributed by atoms with van der Waals surface area (Å²) in [5.41, 5.74) is 0. The lowest BCUT2D eigenvalue weighted by molar-refractivity contribution is -0.140. The average Bonchev–Trinajstić information content (AvgIpc) is 2.86. The lowest BCUT2D eigenvalue weighted by Gasteiger charge is -2.10. The van der Waals surface area contributed by atoms with Crippen molar-refractivity contribution < 1.29 is 9.90 Å². The van der Waals surface area contributed by atoms with Crippen LogP contribution in [0, 0.1) is 0 Å². The van der Waals surface area contributed by atoms with Gasteiger partial charge in [-0.3, -0.25) is 0 Å². The van der Waals surface area contributed by atoms with Gasteiger partial charge in [0.2, 0.25) is 0 Å². The quantitative estimate of drug-likeness (QED) is 0.866. The Labute approximate surface area is 90.8 Å². The van der Waals surface area contributed by atoms with E-state index in [-0.39, 0.29) is 0 Å². The average molecular weight is 222 g/mol. The molecule has 1 N–H and O–H groups in total. The highest BCUT2D eigenvalue weighted by Crippen LogP contribution is 2.25. The molecule has 0 aromatic carbocycles. The zero-order valence-corrected chi connectivity index (χ0v) is 8.94. The van der Waals surface area contributed by atoms with E-state index in [1.165, 1.54) is 0 Å². The van der Waals surface area contributed by atoms with Gasteiger partial charge in [-0.1, -0.05) is 6.07 Å². The fourth-order valence-corrected chi connectivity index (χ4v) is 2.07. The molecule has 0 saturated heterocycles. The second-order valence-corrected chi connectivity index (χ2v) is 4.10. The second-order valence-electron chi connectivity index (χ2n) is 3.15. The van der Waals surface area contributed by atoms with Crippen molar-refractivity contribution in [2.45, 2.75) is 13.0 Å². The highest BCUT2D eigenvalue weighted by Gasteiger charge is 2.17. The van der Waals surface area contributed by atoms with Crippen LogP contribution in [0.15, 0.2) is 29.9 Å². The van der Waals surface area contributed by atoms with Crippen molar-refractivity contribution in [2.24, 2.45) is 0 Å². The summed E-state index contributed by atoms with van der Waals surface area (Å²) >= 11 is 1.55. The first-order chi connectivity index (χ1) is 7.20. The second kappa shape index (κ2) is 3.86. The van der Waals surface area contributed by atoms with Gasteiger partial charge in [-0.25, -0.2) is 9.78 Å². The van der Waals surface area contributed by atoms with Gasteiger partial charge >= 0.3 is 5.97 Å². The van der Waals surface area contributed by atoms with E-state index in [0.717, 1.165) is 4.88 Å². The van der Waals surface area contributed by atoms with Crippen LogP contribution in [0.1, 0.15) is 13.0 Å². The summed E-state index contributed by atoms with van der Waals surface area (Å²) < 4.78 is 1.66. The molecule has 0 spiro atoms. The predicted molar refractivity (Wildman–Crippen MR) is 57.9 cm³/mol. The van der Waals surface area contributed by atoms with Crippen molar-refractivity contribution in [3.05, 3.63) is 29.9 Å². The SMILES string of the molecule is C[C@H](C(=O)O)n1ccnc1-c1cccs1. The van der Waals surface area contributed by atoms with Gasteiger partial charge < -0.3 is 9.67 Å². The molecule has 2 rings (SSSR count). The summed E-state index contributed by atoms with van der Waals surface area (Å²) in [4.78, 5) is 16.0. The Kier molecular flexibility index (Phi) is 2.55. The zero-order chi connectivity index (χ0) is 10.8. The number of rotatable bonds is 3. The number of hydrogen-bond donors (Lipinski definition) is 1. The molecule has 1 atom stereocenters. The van der Waals surface area contributed by atoms with Crippen molar-refractivity contribution in [2.75, 3.05) is 0 Å². The molecule has 0 saturated carbocycles. The minimum absolute atomic E-state index is 0.593. The fraction of sp³-hybridized carbons (Fsp3) is 0.200. The number of carbonyl (C=O) groups is 1. The molecule has 5 heteroatoms. The van der Waals surface area contributed by atoms with Crippen LogP contribution in [0.25, 0.3) is 10.7 Å². The Bertz CT molecular complexity index is 461. The lowest BCUT2D eigenvalue weighted by Crippen LogP contribution is -2.15. The molecule has 0 aliphatic heterocycles. The molecule has 0 fully saturated rings. The molecule has 2 heterocycles. The summed E-state index contributed by atoms with van der Waals surface area (Å²) in [6.45, 7) is 1.64. The summed E-state index contributed by atoms with van der Waals surface area (Å²) in [5.74, 6) is -0.147. The Hall–Kier alpha value is -1.62. The molecule has 2 aromatic heterocycles. The molecule has 0 radical (unpaired) electrons. The molecule has 0 unspecified atom stereocenters. The molecule has 0 aliphatic rings. The third kappa shape index (κ3) is 1.78. The number of aromatic nitrogens is 2. The Morgan fingerprint density at radius 2 is 2.47 bits per heavy atom. The van der Waals surface area contributed by atoms with Crippen molar-refractivity contribution in [1.29, 1.82) is 0 Å². The van der Waals surface area contributed by atoms with E-state index in [1.54, 1.807) is 35.2 Å². The molecule has 0 bridgehead atoms. The van der Waals surface area contributed by atoms with Crippen LogP contribution in [-0.4, -0.2) is 20.6 Å². The summed E-state index contributed by atoms with van der Waals surface area (Å²) in [5, 5.41) is 10.9. The van der Waals surface area contributed by atoms with E-state index in [2.05, 4.69) is 4.98 Å². The minimum Gasteiger partial charge on any atom is -0.480 e. The van der Waals surface area contributed by atoms with Crippen molar-refractivity contribution >= 4 is 17.3 Å². The predicted octanol–water partition coefficient (Wildman–Crippen LogP) is 2.26. The number of hydrogen-bond acceptors (Lipinski definition) is 3. The maximum Gasteiger partial charge on any atom is 0.326 e. The minimum atomic E-state index is -0.856. The molecular weight excluding hydrogens is 212 g/mol. The molecule has 4 nitrogen and oxygen atoms in total. The Balaban J connectivity index is 2.43. The lowest BCUT2D eigenvalue weighted by atomic mass is 10.3. The molecule has 15 heavy (non-hydrogen) atoms. The smallest absolute Gasteiger partial charge is 0.326 e. The van der Waals surface area contributed by atoms with Crippen LogP contribution >= 0.6 is 11.3 Å². The van der Waals surface area contributed by atoms with Gasteiger partial charge in [0.25, 0.3) is 0 Å². The number of imidazole rings is 1. The number of carboxylic acids is 1. The monoisotopic (exact) mass is 222 g/mol. The molecule has 0 amide bonds. The van der Waals surface area contributed by atoms with Crippen LogP contribution in [0.2, 0.25) is 0 Å². The van der Waals surface area contributed by atoms with E-state index in [0.29, 0.717) is 5.82 Å². The van der Waals surface area contributed by atoms with Gasteiger partial charge in [0.1, 0.15) is 6.04 Å². The molecule has 0 aliphatic carbocycles. The maximum absolute atomic E-state index is 10.9. The van der Waals surface area contributed by atoms with Gasteiger partial charge in [0.05, 0.1) is 4.88 Å². The number of nitrogens with zero attached hydrogens (tertiary/aromatic N) is 2. The van der Waals surface area contributed by atoms with Crippen LogP contribution < -0.4 is 0 Å². The highest BCUT2D eigenvalue weighted by molar-refractivity contribution is 7.13. The van der Waals surface area contributed by atoms with Crippen LogP contribution in [0.3, 0.4) is 0 Å². The number of aliphatic carboxylic acids is 1. The third-order valence-corrected chi connectivity index (χ3v) is 3.05. The van der Waals surface area contributed by atoms with Gasteiger partial charge in [0.15, 0.2) is 5.82 Å². The maximum atomic E-state index is 10.9. The molecular formula is C10H10N2O2S. The van der Waals surface area contributed by atoms with E-state index >= 15 is 0 Å². The normalized spacial score (nSPS) is 12.6. The Morgan fingerprint density at radius 3 is 3.07 bits per heavy atom. The Morgan fingerprint density at radius 1 is 1.67 bits per heavy atom. The van der Waals surface area contributed by atoms with Crippen LogP contribution in [0.5, 0.6) is 0 Å². The van der Waals surface area contributed by atoms with Gasteiger partial charge in [-0.2, -0.15) is 0 Å². The van der Waals surface area contributed by atoms with Crippen LogP contribution in [-0.2, 0) is 4.79 Å². The van der Waals surface area contributed by atoms with E-state index in [4.69, 9.17) is 5.11 Å². The first kappa shape index (κ1) is 9.92. The van der Waals surface area contributed by atoms with Crippen LogP contribution in [0.4, 0.5) is 0 Å². The van der Waals surface area contributed by atoms with E-state index in [9.17, 15) is 4.79 Å². The first-order valence-corrected chi connectivity index (χ1v) is 5.37. The first-order valence-electron chi connectivity index (χ1n) is 4.49. The van der Waals surface area contributed by atoms with E-state index < -0.39 is 12.0 Å². The largest absolute Gasteiger partial charge is 0.480 e. The third-order valence-electron chi connectivity index (χ3n) is 2.18.